The van der Waals surface area contributed by atoms with Crippen molar-refractivity contribution in [1.82, 2.24) is 10.2 Å². The van der Waals surface area contributed by atoms with Gasteiger partial charge in [0.05, 0.1) is 12.2 Å². The number of ether oxygens (including phenoxy) is 1. The molecule has 1 heterocycles. The van der Waals surface area contributed by atoms with E-state index >= 15 is 0 Å². The Labute approximate surface area is 151 Å². The molecule has 1 amide bonds. The van der Waals surface area contributed by atoms with Crippen LogP contribution in [0.1, 0.15) is 42.5 Å². The first-order valence-corrected chi connectivity index (χ1v) is 8.93. The normalized spacial score (nSPS) is 18.1. The Morgan fingerprint density at radius 1 is 1.17 bits per heavy atom. The lowest BCUT2D eigenvalue weighted by atomic mass is 9.93. The second-order valence-electron chi connectivity index (χ2n) is 6.88. The van der Waals surface area contributed by atoms with E-state index in [1.807, 2.05) is 36.2 Å². The summed E-state index contributed by atoms with van der Waals surface area (Å²) in [4.78, 5) is 14.8. The Kier molecular flexibility index (Phi) is 7.38. The number of nitrogens with one attached hydrogen (secondary N) is 1. The van der Waals surface area contributed by atoms with Gasteiger partial charge >= 0.3 is 0 Å². The molecule has 2 aliphatic rings. The molecular formula is C19H29ClN2O2. The molecule has 0 aromatic heterocycles. The molecular weight excluding hydrogens is 324 g/mol. The van der Waals surface area contributed by atoms with Crippen molar-refractivity contribution in [2.45, 2.75) is 32.1 Å². The maximum Gasteiger partial charge on any atom is 0.257 e. The van der Waals surface area contributed by atoms with E-state index < -0.39 is 0 Å². The summed E-state index contributed by atoms with van der Waals surface area (Å²) in [5, 5.41) is 3.21. The van der Waals surface area contributed by atoms with Crippen molar-refractivity contribution in [1.29, 1.82) is 0 Å². The van der Waals surface area contributed by atoms with Gasteiger partial charge in [0, 0.05) is 13.1 Å². The molecule has 1 saturated heterocycles. The summed E-state index contributed by atoms with van der Waals surface area (Å²) in [6.07, 6.45) is 5.95. The van der Waals surface area contributed by atoms with Crippen molar-refractivity contribution in [2.24, 2.45) is 11.8 Å². The van der Waals surface area contributed by atoms with Crippen LogP contribution in [0.5, 0.6) is 5.75 Å². The maximum absolute atomic E-state index is 12.8. The first-order valence-electron chi connectivity index (χ1n) is 8.93. The molecule has 4 nitrogen and oxygen atoms in total. The van der Waals surface area contributed by atoms with E-state index in [-0.39, 0.29) is 18.3 Å². The summed E-state index contributed by atoms with van der Waals surface area (Å²) in [6.45, 7) is 3.54. The van der Waals surface area contributed by atoms with E-state index in [2.05, 4.69) is 5.32 Å². The van der Waals surface area contributed by atoms with Crippen molar-refractivity contribution in [3.8, 4) is 5.75 Å². The van der Waals surface area contributed by atoms with Crippen molar-refractivity contribution in [3.63, 3.8) is 0 Å². The average molecular weight is 353 g/mol. The molecule has 1 saturated carbocycles. The predicted molar refractivity (Wildman–Crippen MR) is 99.1 cm³/mol. The van der Waals surface area contributed by atoms with E-state index in [9.17, 15) is 4.79 Å². The SMILES string of the molecule is CNCCC1CCN(C(=O)c2ccccc2OCC2CC2)CC1.Cl. The van der Waals surface area contributed by atoms with Crippen LogP contribution in [0.15, 0.2) is 24.3 Å². The molecule has 1 aliphatic heterocycles. The molecule has 0 atom stereocenters. The summed E-state index contributed by atoms with van der Waals surface area (Å²) < 4.78 is 5.89. The van der Waals surface area contributed by atoms with E-state index in [0.29, 0.717) is 5.92 Å². The minimum Gasteiger partial charge on any atom is -0.492 e. The second kappa shape index (κ2) is 9.28. The number of benzene rings is 1. The summed E-state index contributed by atoms with van der Waals surface area (Å²) in [7, 11) is 2.00. The zero-order valence-corrected chi connectivity index (χ0v) is 15.3. The number of nitrogens with zero attached hydrogens (tertiary/aromatic N) is 1. The zero-order valence-electron chi connectivity index (χ0n) is 14.5. The molecule has 2 fully saturated rings. The minimum atomic E-state index is 0. The molecule has 3 rings (SSSR count). The molecule has 1 aromatic carbocycles. The number of hydrogen-bond acceptors (Lipinski definition) is 3. The molecule has 1 aromatic rings. The fourth-order valence-electron chi connectivity index (χ4n) is 3.20. The highest BCUT2D eigenvalue weighted by Crippen LogP contribution is 2.31. The fraction of sp³-hybridized carbons (Fsp3) is 0.632. The summed E-state index contributed by atoms with van der Waals surface area (Å²) in [5.74, 6) is 2.32. The monoisotopic (exact) mass is 352 g/mol. The number of halogens is 1. The molecule has 0 spiro atoms. The molecule has 24 heavy (non-hydrogen) atoms. The third kappa shape index (κ3) is 5.12. The van der Waals surface area contributed by atoms with Gasteiger partial charge in [-0.3, -0.25) is 4.79 Å². The van der Waals surface area contributed by atoms with Crippen LogP contribution < -0.4 is 10.1 Å². The van der Waals surface area contributed by atoms with Gasteiger partial charge in [0.2, 0.25) is 0 Å². The average Bonchev–Trinajstić information content (AvgIpc) is 3.43. The van der Waals surface area contributed by atoms with Gasteiger partial charge in [0.15, 0.2) is 0 Å². The third-order valence-corrected chi connectivity index (χ3v) is 4.99. The lowest BCUT2D eigenvalue weighted by molar-refractivity contribution is 0.0682. The number of hydrogen-bond donors (Lipinski definition) is 1. The quantitative estimate of drug-likeness (QED) is 0.818. The second-order valence-corrected chi connectivity index (χ2v) is 6.88. The Morgan fingerprint density at radius 2 is 1.88 bits per heavy atom. The molecule has 5 heteroatoms. The standard InChI is InChI=1S/C19H28N2O2.ClH/c1-20-11-8-15-9-12-21(13-10-15)19(22)17-4-2-3-5-18(17)23-14-16-6-7-16;/h2-5,15-16,20H,6-14H2,1H3;1H. The number of amides is 1. The number of piperidine rings is 1. The first kappa shape index (κ1) is 19.1. The van der Waals surface area contributed by atoms with Gasteiger partial charge in [0.25, 0.3) is 5.91 Å². The Bertz CT molecular complexity index is 526. The molecule has 134 valence electrons. The van der Waals surface area contributed by atoms with E-state index in [0.717, 1.165) is 56.3 Å². The number of carbonyl (C=O) groups is 1. The fourth-order valence-corrected chi connectivity index (χ4v) is 3.20. The van der Waals surface area contributed by atoms with Crippen LogP contribution in [-0.2, 0) is 0 Å². The van der Waals surface area contributed by atoms with Crippen molar-refractivity contribution in [3.05, 3.63) is 29.8 Å². The number of carbonyl (C=O) groups excluding carboxylic acids is 1. The topological polar surface area (TPSA) is 41.6 Å². The van der Waals surface area contributed by atoms with Crippen LogP contribution in [0.3, 0.4) is 0 Å². The number of likely N-dealkylation sites (tertiary alicyclic amines) is 1. The van der Waals surface area contributed by atoms with Gasteiger partial charge in [-0.15, -0.1) is 12.4 Å². The molecule has 1 aliphatic carbocycles. The van der Waals surface area contributed by atoms with Gasteiger partial charge in [-0.1, -0.05) is 12.1 Å². The van der Waals surface area contributed by atoms with Crippen LogP contribution in [0.2, 0.25) is 0 Å². The Hall–Kier alpha value is -1.26. The van der Waals surface area contributed by atoms with Gasteiger partial charge < -0.3 is 15.0 Å². The predicted octanol–water partition coefficient (Wildman–Crippen LogP) is 3.36. The lowest BCUT2D eigenvalue weighted by Crippen LogP contribution is -2.39. The van der Waals surface area contributed by atoms with Crippen LogP contribution in [-0.4, -0.2) is 44.1 Å². The smallest absolute Gasteiger partial charge is 0.257 e. The van der Waals surface area contributed by atoms with E-state index in [1.165, 1.54) is 19.3 Å². The molecule has 0 unspecified atom stereocenters. The Morgan fingerprint density at radius 3 is 2.54 bits per heavy atom. The maximum atomic E-state index is 12.8. The largest absolute Gasteiger partial charge is 0.492 e. The van der Waals surface area contributed by atoms with Gasteiger partial charge in [-0.25, -0.2) is 0 Å². The Balaban J connectivity index is 0.00000208. The highest BCUT2D eigenvalue weighted by atomic mass is 35.5. The van der Waals surface area contributed by atoms with E-state index in [1.54, 1.807) is 0 Å². The van der Waals surface area contributed by atoms with Gasteiger partial charge in [-0.05, 0) is 69.7 Å². The van der Waals surface area contributed by atoms with Crippen LogP contribution in [0.25, 0.3) is 0 Å². The summed E-state index contributed by atoms with van der Waals surface area (Å²) in [6, 6.07) is 7.70. The molecule has 1 N–H and O–H groups in total. The number of rotatable bonds is 7. The minimum absolute atomic E-state index is 0. The van der Waals surface area contributed by atoms with Crippen molar-refractivity contribution >= 4 is 18.3 Å². The first-order chi connectivity index (χ1) is 11.3. The van der Waals surface area contributed by atoms with Crippen LogP contribution >= 0.6 is 12.4 Å². The summed E-state index contributed by atoms with van der Waals surface area (Å²) in [5.41, 5.74) is 0.724. The van der Waals surface area contributed by atoms with Crippen LogP contribution in [0, 0.1) is 11.8 Å². The van der Waals surface area contributed by atoms with Gasteiger partial charge in [0.1, 0.15) is 5.75 Å². The van der Waals surface area contributed by atoms with Crippen molar-refractivity contribution < 1.29 is 9.53 Å². The third-order valence-electron chi connectivity index (χ3n) is 4.99. The highest BCUT2D eigenvalue weighted by Gasteiger charge is 2.26. The lowest BCUT2D eigenvalue weighted by Gasteiger charge is -2.32. The molecule has 0 radical (unpaired) electrons. The van der Waals surface area contributed by atoms with Crippen molar-refractivity contribution in [2.75, 3.05) is 33.3 Å². The van der Waals surface area contributed by atoms with E-state index in [4.69, 9.17) is 4.74 Å². The number of para-hydroxylation sites is 1. The zero-order chi connectivity index (χ0) is 16.1. The summed E-state index contributed by atoms with van der Waals surface area (Å²) >= 11 is 0. The molecule has 0 bridgehead atoms. The van der Waals surface area contributed by atoms with Crippen LogP contribution in [0.4, 0.5) is 0 Å². The van der Waals surface area contributed by atoms with Gasteiger partial charge in [-0.2, -0.15) is 0 Å². The highest BCUT2D eigenvalue weighted by molar-refractivity contribution is 5.97.